The Hall–Kier alpha value is -8.48. The van der Waals surface area contributed by atoms with Gasteiger partial charge in [-0.15, -0.1) is 11.3 Å². The van der Waals surface area contributed by atoms with Gasteiger partial charge in [-0.05, 0) is 90.0 Å². The summed E-state index contributed by atoms with van der Waals surface area (Å²) in [6, 6.07) is 80.3. The summed E-state index contributed by atoms with van der Waals surface area (Å²) in [4.78, 5) is 1.21. The van der Waals surface area contributed by atoms with Crippen molar-refractivity contribution in [3.63, 3.8) is 0 Å². The molecular formula is C64H37NS. The Morgan fingerprint density at radius 2 is 0.803 bits per heavy atom. The van der Waals surface area contributed by atoms with E-state index in [1.165, 1.54) is 130 Å². The third-order valence-corrected chi connectivity index (χ3v) is 14.9. The fourth-order valence-electron chi connectivity index (χ4n) is 11.0. The molecule has 2 heteroatoms. The zero-order valence-electron chi connectivity index (χ0n) is 35.7. The molecule has 2 aromatic heterocycles. The van der Waals surface area contributed by atoms with Crippen LogP contribution in [-0.2, 0) is 0 Å². The third kappa shape index (κ3) is 5.42. The molecule has 0 unspecified atom stereocenters. The van der Waals surface area contributed by atoms with E-state index >= 15 is 0 Å². The number of benzene rings is 11. The van der Waals surface area contributed by atoms with Gasteiger partial charge in [0.2, 0.25) is 0 Å². The Balaban J connectivity index is 0.983. The molecule has 0 bridgehead atoms. The Morgan fingerprint density at radius 3 is 1.42 bits per heavy atom. The Morgan fingerprint density at radius 1 is 0.318 bits per heavy atom. The highest BCUT2D eigenvalue weighted by Crippen LogP contribution is 2.50. The lowest BCUT2D eigenvalue weighted by Gasteiger charge is -2.20. The van der Waals surface area contributed by atoms with Crippen LogP contribution in [0.4, 0.5) is 0 Å². The van der Waals surface area contributed by atoms with Gasteiger partial charge in [-0.2, -0.15) is 0 Å². The molecule has 66 heavy (non-hydrogen) atoms. The van der Waals surface area contributed by atoms with Crippen LogP contribution in [0.3, 0.4) is 0 Å². The molecule has 1 aliphatic rings. The number of hydrogen-bond donors (Lipinski definition) is 0. The predicted molar refractivity (Wildman–Crippen MR) is 283 cm³/mol. The maximum Gasteiger partial charge on any atom is 0.0619 e. The third-order valence-electron chi connectivity index (χ3n) is 13.8. The highest BCUT2D eigenvalue weighted by Gasteiger charge is 2.26. The quantitative estimate of drug-likeness (QED) is 0.120. The van der Waals surface area contributed by atoms with Gasteiger partial charge in [-0.3, -0.25) is 0 Å². The van der Waals surface area contributed by atoms with Crippen molar-refractivity contribution in [2.45, 2.75) is 0 Å². The minimum Gasteiger partial charge on any atom is -0.308 e. The van der Waals surface area contributed by atoms with E-state index in [0.29, 0.717) is 0 Å². The second-order valence-electron chi connectivity index (χ2n) is 17.3. The highest BCUT2D eigenvalue weighted by atomic mass is 32.1. The molecule has 0 aliphatic heterocycles. The van der Waals surface area contributed by atoms with E-state index in [1.807, 2.05) is 11.3 Å². The first-order valence-corrected chi connectivity index (χ1v) is 23.4. The zero-order chi connectivity index (χ0) is 43.3. The van der Waals surface area contributed by atoms with Crippen LogP contribution in [0.5, 0.6) is 0 Å². The smallest absolute Gasteiger partial charge is 0.0619 e. The van der Waals surface area contributed by atoms with Crippen LogP contribution < -0.4 is 0 Å². The van der Waals surface area contributed by atoms with E-state index in [9.17, 15) is 0 Å². The molecule has 304 valence electrons. The van der Waals surface area contributed by atoms with Crippen LogP contribution in [0.1, 0.15) is 16.0 Å². The fourth-order valence-corrected chi connectivity index (χ4v) is 12.2. The van der Waals surface area contributed by atoms with Gasteiger partial charge < -0.3 is 4.57 Å². The lowest BCUT2D eigenvalue weighted by atomic mass is 9.85. The number of fused-ring (bicyclic) bond motifs is 10. The molecule has 0 N–H and O–H groups in total. The Kier molecular flexibility index (Phi) is 8.13. The lowest BCUT2D eigenvalue weighted by Crippen LogP contribution is -2.01. The van der Waals surface area contributed by atoms with Crippen LogP contribution in [0.2, 0.25) is 0 Å². The molecular weight excluding hydrogens is 815 g/mol. The molecule has 0 fully saturated rings. The molecule has 1 nitrogen and oxygen atoms in total. The van der Waals surface area contributed by atoms with E-state index in [-0.39, 0.29) is 0 Å². The topological polar surface area (TPSA) is 4.93 Å². The second kappa shape index (κ2) is 14.5. The maximum absolute atomic E-state index is 3.72. The standard InChI is InChI=1S/C64H37NS/c1-3-18-40(19-4-1)42-35-37-57-55(38-42)44-22-15-16-32-56(44)65(57)64-51-29-13-11-27-49(51)62(50-28-12-14-30-52(50)64)54-31-17-33-58-63(54)53-36-34-43(39-59(53)66-58)61-47-25-9-7-23-45(47)60(41-20-5-2-6-21-41)46-24-8-10-26-48(46)61/h1-16,18-30,32-39H. The summed E-state index contributed by atoms with van der Waals surface area (Å²) in [7, 11) is 0. The summed E-state index contributed by atoms with van der Waals surface area (Å²) in [5.74, 6) is 0. The first kappa shape index (κ1) is 36.9. The number of rotatable bonds is 5. The van der Waals surface area contributed by atoms with Gasteiger partial charge in [0, 0.05) is 59.3 Å². The molecule has 2 heterocycles. The number of nitrogens with zero attached hydrogens (tertiary/aromatic N) is 1. The molecule has 0 spiro atoms. The highest BCUT2D eigenvalue weighted by molar-refractivity contribution is 7.20. The van der Waals surface area contributed by atoms with Crippen molar-refractivity contribution in [2.75, 3.05) is 0 Å². The van der Waals surface area contributed by atoms with Gasteiger partial charge in [-0.1, -0.05) is 206 Å². The van der Waals surface area contributed by atoms with E-state index in [4.69, 9.17) is 0 Å². The summed E-state index contributed by atoms with van der Waals surface area (Å²) >= 11 is 1.85. The maximum atomic E-state index is 3.72. The second-order valence-corrected chi connectivity index (χ2v) is 18.4. The molecule has 0 saturated carbocycles. The summed E-state index contributed by atoms with van der Waals surface area (Å²) in [6.07, 6.45) is 2.13. The van der Waals surface area contributed by atoms with Crippen LogP contribution in [0.25, 0.3) is 126 Å². The summed E-state index contributed by atoms with van der Waals surface area (Å²) in [5.41, 5.74) is 21.7. The zero-order valence-corrected chi connectivity index (χ0v) is 36.5. The van der Waals surface area contributed by atoms with Gasteiger partial charge in [0.1, 0.15) is 0 Å². The van der Waals surface area contributed by atoms with E-state index < -0.39 is 0 Å². The normalized spacial score (nSPS) is 12.3. The molecule has 11 aromatic carbocycles. The van der Waals surface area contributed by atoms with Crippen LogP contribution in [0, 0.1) is 0 Å². The minimum absolute atomic E-state index is 1.09. The molecule has 14 rings (SSSR count). The average molecular weight is 852 g/mol. The molecule has 0 saturated heterocycles. The number of aromatic nitrogens is 1. The number of hydrogen-bond acceptors (Lipinski definition) is 1. The molecule has 1 aliphatic carbocycles. The first-order chi connectivity index (χ1) is 32.8. The van der Waals surface area contributed by atoms with Crippen molar-refractivity contribution in [3.05, 3.63) is 246 Å². The van der Waals surface area contributed by atoms with Crippen LogP contribution in [-0.4, -0.2) is 4.57 Å². The van der Waals surface area contributed by atoms with Gasteiger partial charge in [0.15, 0.2) is 0 Å². The lowest BCUT2D eigenvalue weighted by molar-refractivity contribution is 1.21. The fraction of sp³-hybridized carbons (Fsp3) is 0. The summed E-state index contributed by atoms with van der Waals surface area (Å²) < 4.78 is 3.76. The van der Waals surface area contributed by atoms with Crippen molar-refractivity contribution in [3.8, 4) is 39.1 Å². The Bertz CT molecular complexity index is 4170. The largest absolute Gasteiger partial charge is 0.308 e. The molecule has 0 amide bonds. The van der Waals surface area contributed by atoms with E-state index in [1.54, 1.807) is 0 Å². The van der Waals surface area contributed by atoms with Crippen molar-refractivity contribution >= 4 is 98.0 Å². The van der Waals surface area contributed by atoms with Crippen molar-refractivity contribution in [2.24, 2.45) is 0 Å². The van der Waals surface area contributed by atoms with Crippen molar-refractivity contribution in [1.82, 2.24) is 4.57 Å². The average Bonchev–Trinajstić information content (AvgIpc) is 3.93. The van der Waals surface area contributed by atoms with Crippen LogP contribution in [0.15, 0.2) is 230 Å². The Labute approximate surface area is 385 Å². The molecule has 13 aromatic rings. The monoisotopic (exact) mass is 851 g/mol. The summed E-state index contributed by atoms with van der Waals surface area (Å²) in [6.45, 7) is 0. The first-order valence-electron chi connectivity index (χ1n) is 22.6. The van der Waals surface area contributed by atoms with Gasteiger partial charge in [0.25, 0.3) is 0 Å². The molecule has 0 radical (unpaired) electrons. The van der Waals surface area contributed by atoms with Gasteiger partial charge in [0.05, 0.1) is 16.7 Å². The number of para-hydroxylation sites is 1. The summed E-state index contributed by atoms with van der Waals surface area (Å²) in [5, 5.41) is 13.6. The van der Waals surface area contributed by atoms with Crippen molar-refractivity contribution < 1.29 is 0 Å². The minimum atomic E-state index is 1.09. The van der Waals surface area contributed by atoms with Gasteiger partial charge >= 0.3 is 0 Å². The van der Waals surface area contributed by atoms with Crippen LogP contribution >= 0.6 is 11.3 Å². The van der Waals surface area contributed by atoms with E-state index in [2.05, 4.69) is 240 Å². The predicted octanol–water partition coefficient (Wildman–Crippen LogP) is 17.8. The SMILES string of the molecule is C1=C=C(c2c3ccccc3c(-n3c4ccccc4c4cc(-c5ccccc5)ccc43)c3ccccc23)c2c(sc3cc(-c4c5ccccc5c(-c5ccccc5)c5ccccc45)ccc23)C=1. The molecule has 0 atom stereocenters. The van der Waals surface area contributed by atoms with Gasteiger partial charge in [-0.25, -0.2) is 0 Å². The number of thiophene rings is 1. The van der Waals surface area contributed by atoms with E-state index in [0.717, 1.165) is 5.57 Å². The van der Waals surface area contributed by atoms with Crippen molar-refractivity contribution in [1.29, 1.82) is 0 Å².